The first-order valence-electron chi connectivity index (χ1n) is 7.58. The van der Waals surface area contributed by atoms with Crippen molar-refractivity contribution in [3.63, 3.8) is 0 Å². The van der Waals surface area contributed by atoms with Crippen molar-refractivity contribution < 1.29 is 9.59 Å². The first-order chi connectivity index (χ1) is 11.0. The Balaban J connectivity index is 1.73. The fourth-order valence-corrected chi connectivity index (χ4v) is 2.89. The highest BCUT2D eigenvalue weighted by Crippen LogP contribution is 2.21. The molecule has 2 amide bonds. The number of nitrogens with one attached hydrogen (secondary N) is 1. The molecule has 0 saturated carbocycles. The number of benzene rings is 1. The molecule has 2 heterocycles. The van der Waals surface area contributed by atoms with E-state index in [0.29, 0.717) is 18.8 Å². The molecule has 2 aliphatic heterocycles. The Morgan fingerprint density at radius 3 is 2.43 bits per heavy atom. The zero-order valence-electron chi connectivity index (χ0n) is 13.0. The van der Waals surface area contributed by atoms with Crippen molar-refractivity contribution in [3.8, 4) is 0 Å². The Morgan fingerprint density at radius 1 is 1.13 bits per heavy atom. The molecular weight excluding hydrogens is 360 g/mol. The molecule has 1 fully saturated rings. The smallest absolute Gasteiger partial charge is 0.271 e. The molecule has 122 valence electrons. The van der Waals surface area contributed by atoms with E-state index >= 15 is 0 Å². The maximum absolute atomic E-state index is 12.6. The van der Waals surface area contributed by atoms with Crippen LogP contribution in [0.4, 0.5) is 5.69 Å². The number of carbonyl (C=O) groups is 2. The van der Waals surface area contributed by atoms with Crippen molar-refractivity contribution in [1.82, 2.24) is 15.2 Å². The lowest BCUT2D eigenvalue weighted by atomic mass is 10.2. The van der Waals surface area contributed by atoms with Crippen molar-refractivity contribution >= 4 is 33.4 Å². The lowest BCUT2D eigenvalue weighted by Crippen LogP contribution is -2.53. The summed E-state index contributed by atoms with van der Waals surface area (Å²) in [5.74, 6) is -0.130. The van der Waals surface area contributed by atoms with Gasteiger partial charge in [0, 0.05) is 37.1 Å². The molecule has 23 heavy (non-hydrogen) atoms. The molecule has 3 rings (SSSR count). The fraction of sp³-hybridized carbons (Fsp3) is 0.375. The van der Waals surface area contributed by atoms with Crippen LogP contribution in [0.15, 0.2) is 40.5 Å². The zero-order valence-corrected chi connectivity index (χ0v) is 14.5. The number of carbonyl (C=O) groups excluding carboxylic acids is 2. The summed E-state index contributed by atoms with van der Waals surface area (Å²) in [5, 5.41) is 1.44. The van der Waals surface area contributed by atoms with Gasteiger partial charge in [-0.3, -0.25) is 15.0 Å². The number of anilines is 1. The van der Waals surface area contributed by atoms with E-state index in [1.54, 1.807) is 6.08 Å². The van der Waals surface area contributed by atoms with Gasteiger partial charge in [-0.15, -0.1) is 0 Å². The molecule has 2 aliphatic rings. The summed E-state index contributed by atoms with van der Waals surface area (Å²) in [7, 11) is 2.05. The van der Waals surface area contributed by atoms with Gasteiger partial charge in [-0.05, 0) is 37.4 Å². The van der Waals surface area contributed by atoms with Crippen molar-refractivity contribution in [3.05, 3.63) is 40.5 Å². The Bertz CT molecular complexity index is 636. The highest BCUT2D eigenvalue weighted by Gasteiger charge is 2.28. The number of piperazine rings is 1. The molecule has 0 spiro atoms. The Hall–Kier alpha value is -1.86. The predicted molar refractivity (Wildman–Crippen MR) is 91.5 cm³/mol. The van der Waals surface area contributed by atoms with Crippen molar-refractivity contribution in [2.45, 2.75) is 6.42 Å². The van der Waals surface area contributed by atoms with Crippen LogP contribution in [0.25, 0.3) is 0 Å². The standard InChI is InChI=1S/C16H19BrN4O2/c1-19-8-10-20(11-9-19)16(23)14-6-7-15(22)21(18-14)13-4-2-12(17)3-5-13/h2-6,18H,7-11H2,1H3. The van der Waals surface area contributed by atoms with Crippen molar-refractivity contribution in [2.24, 2.45) is 0 Å². The van der Waals surface area contributed by atoms with Crippen molar-refractivity contribution in [2.75, 3.05) is 38.2 Å². The first-order valence-corrected chi connectivity index (χ1v) is 8.37. The molecule has 6 nitrogen and oxygen atoms in total. The molecule has 0 radical (unpaired) electrons. The summed E-state index contributed by atoms with van der Waals surface area (Å²) < 4.78 is 0.940. The second-order valence-electron chi connectivity index (χ2n) is 5.73. The molecule has 0 aromatic heterocycles. The van der Waals surface area contributed by atoms with Crippen LogP contribution in [0.1, 0.15) is 6.42 Å². The van der Waals surface area contributed by atoms with Crippen LogP contribution < -0.4 is 10.4 Å². The Labute approximate surface area is 143 Å². The third-order valence-corrected chi connectivity index (χ3v) is 4.60. The summed E-state index contributed by atoms with van der Waals surface area (Å²) in [5.41, 5.74) is 4.16. The maximum Gasteiger partial charge on any atom is 0.271 e. The van der Waals surface area contributed by atoms with E-state index in [4.69, 9.17) is 0 Å². The largest absolute Gasteiger partial charge is 0.335 e. The van der Waals surface area contributed by atoms with Gasteiger partial charge in [-0.25, -0.2) is 5.01 Å². The van der Waals surface area contributed by atoms with Gasteiger partial charge in [0.15, 0.2) is 0 Å². The van der Waals surface area contributed by atoms with Gasteiger partial charge in [0.2, 0.25) is 5.91 Å². The van der Waals surface area contributed by atoms with Crippen LogP contribution in [-0.2, 0) is 9.59 Å². The molecule has 1 aromatic carbocycles. The number of hydrogen-bond acceptors (Lipinski definition) is 4. The minimum absolute atomic E-state index is 0.0484. The van der Waals surface area contributed by atoms with E-state index in [2.05, 4.69) is 26.3 Å². The van der Waals surface area contributed by atoms with Crippen molar-refractivity contribution in [1.29, 1.82) is 0 Å². The number of hydrogen-bond donors (Lipinski definition) is 1. The monoisotopic (exact) mass is 378 g/mol. The van der Waals surface area contributed by atoms with Crippen LogP contribution in [0, 0.1) is 0 Å². The van der Waals surface area contributed by atoms with Crippen LogP contribution in [-0.4, -0.2) is 54.8 Å². The second-order valence-corrected chi connectivity index (χ2v) is 6.65. The summed E-state index contributed by atoms with van der Waals surface area (Å²) in [6, 6.07) is 7.39. The molecule has 1 aromatic rings. The summed E-state index contributed by atoms with van der Waals surface area (Å²) in [4.78, 5) is 28.8. The van der Waals surface area contributed by atoms with Crippen LogP contribution in [0.3, 0.4) is 0 Å². The normalized spacial score (nSPS) is 19.4. The quantitative estimate of drug-likeness (QED) is 0.843. The Kier molecular flexibility index (Phi) is 4.68. The van der Waals surface area contributed by atoms with E-state index in [1.807, 2.05) is 36.2 Å². The van der Waals surface area contributed by atoms with Gasteiger partial charge in [0.1, 0.15) is 5.70 Å². The average Bonchev–Trinajstić information content (AvgIpc) is 2.56. The van der Waals surface area contributed by atoms with Gasteiger partial charge >= 0.3 is 0 Å². The highest BCUT2D eigenvalue weighted by molar-refractivity contribution is 9.10. The lowest BCUT2D eigenvalue weighted by Gasteiger charge is -2.35. The zero-order chi connectivity index (χ0) is 16.4. The Morgan fingerprint density at radius 2 is 1.78 bits per heavy atom. The van der Waals surface area contributed by atoms with Crippen LogP contribution in [0.5, 0.6) is 0 Å². The molecule has 0 bridgehead atoms. The SMILES string of the molecule is CN1CCN(C(=O)C2=CCC(=O)N(c3ccc(Br)cc3)N2)CC1. The highest BCUT2D eigenvalue weighted by atomic mass is 79.9. The first kappa shape index (κ1) is 16.0. The number of rotatable bonds is 2. The van der Waals surface area contributed by atoms with E-state index in [1.165, 1.54) is 5.01 Å². The van der Waals surface area contributed by atoms with E-state index in [0.717, 1.165) is 23.2 Å². The minimum Gasteiger partial charge on any atom is -0.335 e. The van der Waals surface area contributed by atoms with Crippen LogP contribution in [0.2, 0.25) is 0 Å². The molecule has 0 atom stereocenters. The maximum atomic E-state index is 12.6. The summed E-state index contributed by atoms with van der Waals surface area (Å²) in [6.45, 7) is 3.16. The van der Waals surface area contributed by atoms with Gasteiger partial charge in [0.05, 0.1) is 5.69 Å². The fourth-order valence-electron chi connectivity index (χ4n) is 2.62. The number of likely N-dealkylation sites (N-methyl/N-ethyl adjacent to an activating group) is 1. The molecular formula is C16H19BrN4O2. The molecule has 1 saturated heterocycles. The summed E-state index contributed by atoms with van der Waals surface area (Å²) >= 11 is 3.38. The van der Waals surface area contributed by atoms with E-state index in [-0.39, 0.29) is 18.2 Å². The third kappa shape index (κ3) is 3.56. The number of nitrogens with zero attached hydrogens (tertiary/aromatic N) is 3. The topological polar surface area (TPSA) is 55.9 Å². The number of hydrazine groups is 1. The lowest BCUT2D eigenvalue weighted by molar-refractivity contribution is -0.129. The van der Waals surface area contributed by atoms with Crippen LogP contribution >= 0.6 is 15.9 Å². The number of halogens is 1. The molecule has 1 N–H and O–H groups in total. The predicted octanol–water partition coefficient (Wildman–Crippen LogP) is 1.35. The van der Waals surface area contributed by atoms with E-state index in [9.17, 15) is 9.59 Å². The van der Waals surface area contributed by atoms with Gasteiger partial charge < -0.3 is 9.80 Å². The summed E-state index contributed by atoms with van der Waals surface area (Å²) in [6.07, 6.45) is 1.90. The minimum atomic E-state index is -0.0813. The van der Waals surface area contributed by atoms with Gasteiger partial charge in [0.25, 0.3) is 5.91 Å². The third-order valence-electron chi connectivity index (χ3n) is 4.07. The molecule has 0 aliphatic carbocycles. The second kappa shape index (κ2) is 6.72. The van der Waals surface area contributed by atoms with E-state index < -0.39 is 0 Å². The van der Waals surface area contributed by atoms with Gasteiger partial charge in [-0.1, -0.05) is 15.9 Å². The molecule has 7 heteroatoms. The number of amides is 2. The average molecular weight is 379 g/mol. The molecule has 0 unspecified atom stereocenters. The van der Waals surface area contributed by atoms with Gasteiger partial charge in [-0.2, -0.15) is 0 Å².